The number of hydrogen-bond acceptors (Lipinski definition) is 13. The predicted molar refractivity (Wildman–Crippen MR) is 198 cm³/mol. The third-order valence-corrected chi connectivity index (χ3v) is 12.5. The molecule has 7 N–H and O–H groups in total. The number of rotatable bonds is 7. The van der Waals surface area contributed by atoms with Gasteiger partial charge in [0, 0.05) is 40.4 Å². The van der Waals surface area contributed by atoms with Crippen LogP contribution in [0.5, 0.6) is 0 Å². The summed E-state index contributed by atoms with van der Waals surface area (Å²) in [4.78, 5) is 71.9. The Hall–Kier alpha value is -4.95. The fourth-order valence-electron chi connectivity index (χ4n) is 9.78. The maximum absolute atomic E-state index is 15.3. The Morgan fingerprint density at radius 2 is 1.27 bits per heavy atom. The van der Waals surface area contributed by atoms with Gasteiger partial charge in [-0.1, -0.05) is 48.6 Å². The molecule has 13 nitrogen and oxygen atoms in total. The number of ketones is 5. The quantitative estimate of drug-likeness (QED) is 0.0475. The van der Waals surface area contributed by atoms with Crippen LogP contribution in [0, 0.1) is 34.5 Å². The molecule has 294 valence electrons. The van der Waals surface area contributed by atoms with Gasteiger partial charge >= 0.3 is 0 Å². The fourth-order valence-corrected chi connectivity index (χ4v) is 9.78. The van der Waals surface area contributed by atoms with Gasteiger partial charge in [-0.15, -0.1) is 0 Å². The number of carbonyl (C=O) groups excluding carboxylic acids is 5. The molecule has 1 heterocycles. The molecular formula is C42H48O13. The lowest BCUT2D eigenvalue weighted by molar-refractivity contribution is -0.317. The summed E-state index contributed by atoms with van der Waals surface area (Å²) in [7, 11) is 0. The van der Waals surface area contributed by atoms with E-state index in [0.29, 0.717) is 0 Å². The second-order valence-electron chi connectivity index (χ2n) is 15.7. The number of allylic oxidation sites excluding steroid dienone is 11. The van der Waals surface area contributed by atoms with E-state index in [2.05, 4.69) is 0 Å². The molecule has 0 aromatic rings. The topological polar surface area (TPSA) is 236 Å². The molecule has 0 aromatic heterocycles. The van der Waals surface area contributed by atoms with E-state index < -0.39 is 126 Å². The fraction of sp³-hybridized carbons (Fsp3) is 0.452. The van der Waals surface area contributed by atoms with Crippen molar-refractivity contribution < 1.29 is 64.5 Å². The molecule has 0 aromatic carbocycles. The first-order valence-corrected chi connectivity index (χ1v) is 17.9. The van der Waals surface area contributed by atoms with E-state index in [9.17, 15) is 54.9 Å². The Morgan fingerprint density at radius 3 is 1.78 bits per heavy atom. The van der Waals surface area contributed by atoms with Gasteiger partial charge in [0.1, 0.15) is 39.8 Å². The molecule has 1 saturated heterocycles. The molecule has 3 saturated carbocycles. The van der Waals surface area contributed by atoms with Crippen molar-refractivity contribution in [2.24, 2.45) is 34.5 Å². The van der Waals surface area contributed by atoms with Crippen LogP contribution in [-0.4, -0.2) is 87.3 Å². The predicted octanol–water partition coefficient (Wildman–Crippen LogP) is 4.45. The van der Waals surface area contributed by atoms with Crippen molar-refractivity contribution in [2.45, 2.75) is 84.9 Å². The first-order valence-electron chi connectivity index (χ1n) is 17.9. The molecule has 5 aliphatic carbocycles. The first-order chi connectivity index (χ1) is 25.4. The van der Waals surface area contributed by atoms with Crippen LogP contribution < -0.4 is 0 Å². The van der Waals surface area contributed by atoms with Gasteiger partial charge in [0.15, 0.2) is 28.7 Å². The lowest BCUT2D eigenvalue weighted by Gasteiger charge is -2.58. The van der Waals surface area contributed by atoms with E-state index in [1.165, 1.54) is 51.2 Å². The number of aliphatic hydroxyl groups is 7. The van der Waals surface area contributed by atoms with Crippen LogP contribution in [0.3, 0.4) is 0 Å². The van der Waals surface area contributed by atoms with Gasteiger partial charge in [-0.05, 0) is 74.5 Å². The molecule has 6 rings (SSSR count). The zero-order valence-electron chi connectivity index (χ0n) is 32.2. The van der Waals surface area contributed by atoms with Crippen LogP contribution in [-0.2, 0) is 28.7 Å². The Balaban J connectivity index is 1.89. The van der Waals surface area contributed by atoms with Crippen molar-refractivity contribution in [1.82, 2.24) is 0 Å². The van der Waals surface area contributed by atoms with E-state index in [0.717, 1.165) is 32.9 Å². The number of carbonyl (C=O) groups is 5. The van der Waals surface area contributed by atoms with Gasteiger partial charge < -0.3 is 40.5 Å². The molecule has 1 aliphatic heterocycles. The van der Waals surface area contributed by atoms with E-state index in [1.807, 2.05) is 0 Å². The van der Waals surface area contributed by atoms with Crippen LogP contribution in [0.4, 0.5) is 0 Å². The van der Waals surface area contributed by atoms with Crippen molar-refractivity contribution in [3.63, 3.8) is 0 Å². The number of hydrogen-bond donors (Lipinski definition) is 7. The Morgan fingerprint density at radius 1 is 0.745 bits per heavy atom. The number of aliphatic hydroxyl groups excluding tert-OH is 4. The average molecular weight is 761 g/mol. The smallest absolute Gasteiger partial charge is 0.216 e. The summed E-state index contributed by atoms with van der Waals surface area (Å²) in [6, 6.07) is 0. The lowest BCUT2D eigenvalue weighted by atomic mass is 9.42. The van der Waals surface area contributed by atoms with Gasteiger partial charge in [-0.3, -0.25) is 24.0 Å². The molecule has 55 heavy (non-hydrogen) atoms. The highest BCUT2D eigenvalue weighted by Gasteiger charge is 2.83. The maximum atomic E-state index is 15.3. The van der Waals surface area contributed by atoms with Crippen molar-refractivity contribution in [3.8, 4) is 0 Å². The van der Waals surface area contributed by atoms with Crippen LogP contribution in [0.15, 0.2) is 106 Å². The average Bonchev–Trinajstić information content (AvgIpc) is 3.32. The minimum absolute atomic E-state index is 0.309. The number of fused-ring (bicyclic) bond motifs is 6. The molecule has 2 bridgehead atoms. The molecule has 0 amide bonds. The first kappa shape index (κ1) is 41.2. The molecule has 0 spiro atoms. The van der Waals surface area contributed by atoms with Crippen molar-refractivity contribution in [3.05, 3.63) is 106 Å². The van der Waals surface area contributed by atoms with Crippen molar-refractivity contribution >= 4 is 28.9 Å². The monoisotopic (exact) mass is 760 g/mol. The van der Waals surface area contributed by atoms with Crippen LogP contribution >= 0.6 is 0 Å². The Bertz CT molecular complexity index is 2100. The number of ether oxygens (including phenoxy) is 1. The van der Waals surface area contributed by atoms with E-state index in [1.54, 1.807) is 39.0 Å². The van der Waals surface area contributed by atoms with Crippen LogP contribution in [0.25, 0.3) is 0 Å². The standard InChI is InChI=1S/C42H48O13/c1-10-13-15-18-22(43)25-28-24(21(17-12-3)37(5,33(25)48)36(51)39(28,7)52)30(46)27-34(49)38(6)31-26(23(44)19-16-14-11-2)29(45)20(4)32(47)40(31,8)55-42(38,54)41(9,53)35(27)50/h10-19,21,24,28,31,43-45,49,52-54H,1-9H3/b13-10+,14-11+,17-12+,18-15+,19-16+,25-22-,26-23+/t21-,24-,28-,31-,37-,38-,39+,40+,41+,42-/m1/s1. The minimum atomic E-state index is -3.21. The van der Waals surface area contributed by atoms with Crippen LogP contribution in [0.2, 0.25) is 0 Å². The minimum Gasteiger partial charge on any atom is -0.511 e. The third kappa shape index (κ3) is 4.95. The highest BCUT2D eigenvalue weighted by Crippen LogP contribution is 2.69. The SMILES string of the molecule is C/C=C/C=C/C(O)=C1/C(O)=C(C)C(=O)[C@@]2(C)O[C@@]3(O)[C@@](C)(O)C(=O)C(C(=O)[C@@H]4[C@@H](/C=C/C)[C@]5(C)C(=O)/C(=C(O)/C=C/C=C/C)[C@@H]4[C@](C)(O)C5=O)=C(O)[C@@]3(C)[C@@H]12. The zero-order chi connectivity index (χ0) is 41.6. The molecule has 6 aliphatic rings. The second kappa shape index (κ2) is 13.1. The summed E-state index contributed by atoms with van der Waals surface area (Å²) in [5.41, 5.74) is -15.0. The molecule has 4 fully saturated rings. The van der Waals surface area contributed by atoms with E-state index >= 15 is 4.79 Å². The van der Waals surface area contributed by atoms with Crippen molar-refractivity contribution in [2.75, 3.05) is 0 Å². The van der Waals surface area contributed by atoms with Crippen LogP contribution in [0.1, 0.15) is 62.3 Å². The van der Waals surface area contributed by atoms with Gasteiger partial charge in [0.05, 0.1) is 10.8 Å². The summed E-state index contributed by atoms with van der Waals surface area (Å²) in [6.45, 7) is 11.6. The van der Waals surface area contributed by atoms with Crippen molar-refractivity contribution in [1.29, 1.82) is 0 Å². The van der Waals surface area contributed by atoms with Gasteiger partial charge in [0.25, 0.3) is 0 Å². The summed E-state index contributed by atoms with van der Waals surface area (Å²) in [5, 5.41) is 83.0. The molecule has 13 heteroatoms. The summed E-state index contributed by atoms with van der Waals surface area (Å²) < 4.78 is 6.00. The summed E-state index contributed by atoms with van der Waals surface area (Å²) in [6.07, 6.45) is 14.3. The lowest BCUT2D eigenvalue weighted by Crippen LogP contribution is -2.73. The Labute approximate surface area is 318 Å². The largest absolute Gasteiger partial charge is 0.511 e. The van der Waals surface area contributed by atoms with Gasteiger partial charge in [-0.2, -0.15) is 0 Å². The molecule has 0 unspecified atom stereocenters. The Kier molecular flexibility index (Phi) is 9.80. The van der Waals surface area contributed by atoms with E-state index in [4.69, 9.17) is 4.74 Å². The summed E-state index contributed by atoms with van der Waals surface area (Å²) >= 11 is 0. The second-order valence-corrected chi connectivity index (χ2v) is 15.7. The highest BCUT2D eigenvalue weighted by molar-refractivity contribution is 6.28. The highest BCUT2D eigenvalue weighted by atomic mass is 16.7. The van der Waals surface area contributed by atoms with Gasteiger partial charge in [0.2, 0.25) is 11.6 Å². The summed E-state index contributed by atoms with van der Waals surface area (Å²) in [5.74, 6) is -18.7. The molecule has 10 atom stereocenters. The van der Waals surface area contributed by atoms with Gasteiger partial charge in [-0.25, -0.2) is 0 Å². The molecular weight excluding hydrogens is 712 g/mol. The molecule has 0 radical (unpaired) electrons. The third-order valence-electron chi connectivity index (χ3n) is 12.5. The zero-order valence-corrected chi connectivity index (χ0v) is 32.2. The van der Waals surface area contributed by atoms with E-state index in [-0.39, 0.29) is 5.57 Å². The number of Topliss-reactive ketones (excluding diaryl/α,β-unsaturated/α-hetero) is 5. The maximum Gasteiger partial charge on any atom is 0.216 e. The normalized spacial score (nSPS) is 42.6.